The van der Waals surface area contributed by atoms with Gasteiger partial charge in [0.25, 0.3) is 5.56 Å². The molecule has 7 nitrogen and oxygen atoms in total. The molecule has 4 rings (SSSR count). The van der Waals surface area contributed by atoms with Crippen molar-refractivity contribution in [1.82, 2.24) is 4.57 Å². The van der Waals surface area contributed by atoms with Crippen LogP contribution < -0.4 is 24.4 Å². The molecule has 0 radical (unpaired) electrons. The van der Waals surface area contributed by atoms with Gasteiger partial charge in [-0.1, -0.05) is 40.6 Å². The molecule has 0 amide bonds. The van der Waals surface area contributed by atoms with Gasteiger partial charge in [0.05, 0.1) is 40.6 Å². The lowest BCUT2D eigenvalue weighted by Gasteiger charge is -2.26. The summed E-state index contributed by atoms with van der Waals surface area (Å²) < 4.78 is 18.6. The van der Waals surface area contributed by atoms with Crippen LogP contribution in [0.25, 0.3) is 6.08 Å². The number of nitrogens with zero attached hydrogens (tertiary/aromatic N) is 2. The maximum atomic E-state index is 13.8. The van der Waals surface area contributed by atoms with Crippen molar-refractivity contribution in [2.45, 2.75) is 39.8 Å². The molecule has 0 saturated carbocycles. The quantitative estimate of drug-likeness (QED) is 0.384. The Morgan fingerprint density at radius 3 is 2.57 bits per heavy atom. The third-order valence-electron chi connectivity index (χ3n) is 5.62. The molecule has 37 heavy (non-hydrogen) atoms. The van der Waals surface area contributed by atoms with Crippen molar-refractivity contribution in [3.05, 3.63) is 88.5 Å². The number of esters is 1. The highest BCUT2D eigenvalue weighted by Gasteiger charge is 2.35. The first-order valence-electron chi connectivity index (χ1n) is 11.6. The Hall–Kier alpha value is -3.07. The summed E-state index contributed by atoms with van der Waals surface area (Å²) in [5, 5.41) is 0.882. The van der Waals surface area contributed by atoms with Gasteiger partial charge in [0.1, 0.15) is 17.5 Å². The zero-order valence-electron chi connectivity index (χ0n) is 21.0. The smallest absolute Gasteiger partial charge is 0.338 e. The van der Waals surface area contributed by atoms with E-state index in [2.05, 4.69) is 4.99 Å². The van der Waals surface area contributed by atoms with Crippen molar-refractivity contribution >= 4 is 46.6 Å². The number of fused-ring (bicyclic) bond motifs is 1. The lowest BCUT2D eigenvalue weighted by Crippen LogP contribution is -2.40. The Morgan fingerprint density at radius 1 is 1.19 bits per heavy atom. The Bertz CT molecular complexity index is 1570. The summed E-state index contributed by atoms with van der Waals surface area (Å²) in [7, 11) is 1.52. The van der Waals surface area contributed by atoms with Crippen molar-refractivity contribution in [2.24, 2.45) is 4.99 Å². The van der Waals surface area contributed by atoms with Crippen molar-refractivity contribution < 1.29 is 19.0 Å². The van der Waals surface area contributed by atoms with Crippen LogP contribution in [0.1, 0.15) is 44.9 Å². The van der Waals surface area contributed by atoms with Gasteiger partial charge in [-0.2, -0.15) is 0 Å². The second-order valence-electron chi connectivity index (χ2n) is 8.55. The van der Waals surface area contributed by atoms with E-state index >= 15 is 0 Å². The van der Waals surface area contributed by atoms with Gasteiger partial charge < -0.3 is 14.2 Å². The summed E-state index contributed by atoms with van der Waals surface area (Å²) in [6.45, 7) is 7.62. The van der Waals surface area contributed by atoms with Crippen molar-refractivity contribution in [3.63, 3.8) is 0 Å². The van der Waals surface area contributed by atoms with Gasteiger partial charge in [0, 0.05) is 10.6 Å². The van der Waals surface area contributed by atoms with Gasteiger partial charge in [-0.3, -0.25) is 9.36 Å². The normalized spacial score (nSPS) is 15.5. The summed E-state index contributed by atoms with van der Waals surface area (Å²) in [6.07, 6.45) is 1.38. The first kappa shape index (κ1) is 27.0. The number of methoxy groups -OCH3 is 1. The first-order valence-corrected chi connectivity index (χ1v) is 13.2. The maximum absolute atomic E-state index is 13.8. The van der Waals surface area contributed by atoms with Crippen LogP contribution in [0.5, 0.6) is 11.5 Å². The summed E-state index contributed by atoms with van der Waals surface area (Å²) in [4.78, 5) is 32.1. The lowest BCUT2D eigenvalue weighted by atomic mass is 9.95. The van der Waals surface area contributed by atoms with Crippen molar-refractivity contribution in [2.75, 3.05) is 13.7 Å². The van der Waals surface area contributed by atoms with Gasteiger partial charge >= 0.3 is 5.97 Å². The second kappa shape index (κ2) is 11.1. The van der Waals surface area contributed by atoms with E-state index in [0.717, 1.165) is 5.56 Å². The Morgan fingerprint density at radius 2 is 1.92 bits per heavy atom. The number of carbonyl (C=O) groups is 1. The molecule has 1 atom stereocenters. The highest BCUT2D eigenvalue weighted by molar-refractivity contribution is 7.07. The highest BCUT2D eigenvalue weighted by atomic mass is 35.5. The fraction of sp³-hybridized carbons (Fsp3) is 0.296. The standard InChI is InChI=1S/C27H26Cl2N2O5S/c1-6-35-21-9-7-16(11-19(21)29)12-22-25(32)31-24(18-13-17(28)8-10-20(18)34-5)23(26(33)36-14(2)3)15(4)30-27(31)37-22/h7-14,24H,6H2,1-5H3/b22-12-/t24-/m1/s1. The van der Waals surface area contributed by atoms with E-state index in [-0.39, 0.29) is 17.2 Å². The van der Waals surface area contributed by atoms with Crippen LogP contribution >= 0.6 is 34.5 Å². The number of halogens is 2. The molecule has 0 unspecified atom stereocenters. The third-order valence-corrected chi connectivity index (χ3v) is 7.14. The number of thiazole rings is 1. The molecule has 3 aromatic rings. The van der Waals surface area contributed by atoms with Crippen LogP contribution in [-0.2, 0) is 9.53 Å². The lowest BCUT2D eigenvalue weighted by molar-refractivity contribution is -0.143. The maximum Gasteiger partial charge on any atom is 0.338 e. The minimum Gasteiger partial charge on any atom is -0.496 e. The SMILES string of the molecule is CCOc1ccc(/C=c2\sc3n(c2=O)[C@H](c2cc(Cl)ccc2OC)C(C(=O)OC(C)C)=C(C)N=3)cc1Cl. The molecule has 1 aliphatic rings. The molecule has 0 aliphatic carbocycles. The van der Waals surface area contributed by atoms with Gasteiger partial charge in [-0.05, 0) is 69.7 Å². The fourth-order valence-electron chi connectivity index (χ4n) is 4.10. The zero-order valence-corrected chi connectivity index (χ0v) is 23.3. The minimum atomic E-state index is -0.845. The molecule has 194 valence electrons. The average molecular weight is 561 g/mol. The zero-order chi connectivity index (χ0) is 26.9. The summed E-state index contributed by atoms with van der Waals surface area (Å²) >= 11 is 13.9. The molecule has 0 spiro atoms. The predicted molar refractivity (Wildman–Crippen MR) is 146 cm³/mol. The largest absolute Gasteiger partial charge is 0.496 e. The predicted octanol–water partition coefficient (Wildman–Crippen LogP) is 4.90. The van der Waals surface area contributed by atoms with E-state index in [9.17, 15) is 9.59 Å². The molecular formula is C27H26Cl2N2O5S. The molecule has 1 aromatic heterocycles. The molecule has 0 bridgehead atoms. The summed E-state index contributed by atoms with van der Waals surface area (Å²) in [6, 6.07) is 9.56. The topological polar surface area (TPSA) is 79.1 Å². The molecule has 0 saturated heterocycles. The highest BCUT2D eigenvalue weighted by Crippen LogP contribution is 2.37. The molecule has 2 heterocycles. The molecule has 0 fully saturated rings. The number of aromatic nitrogens is 1. The molecule has 2 aromatic carbocycles. The molecular weight excluding hydrogens is 535 g/mol. The van der Waals surface area contributed by atoms with Crippen LogP contribution in [0.2, 0.25) is 10.0 Å². The van der Waals surface area contributed by atoms with Crippen LogP contribution in [-0.4, -0.2) is 30.4 Å². The Kier molecular flexibility index (Phi) is 8.11. The van der Waals surface area contributed by atoms with E-state index in [0.29, 0.717) is 48.7 Å². The van der Waals surface area contributed by atoms with E-state index in [1.54, 1.807) is 57.2 Å². The number of ether oxygens (including phenoxy) is 3. The summed E-state index contributed by atoms with van der Waals surface area (Å²) in [5.74, 6) is 0.488. The molecule has 0 N–H and O–H groups in total. The number of hydrogen-bond acceptors (Lipinski definition) is 7. The second-order valence-corrected chi connectivity index (χ2v) is 10.4. The van der Waals surface area contributed by atoms with Crippen molar-refractivity contribution in [3.8, 4) is 11.5 Å². The van der Waals surface area contributed by atoms with Gasteiger partial charge in [0.15, 0.2) is 4.80 Å². The first-order chi connectivity index (χ1) is 17.6. The molecule has 1 aliphatic heterocycles. The van der Waals surface area contributed by atoms with E-state index in [1.807, 2.05) is 13.0 Å². The van der Waals surface area contributed by atoms with Crippen LogP contribution in [0, 0.1) is 0 Å². The molecule has 10 heteroatoms. The number of hydrogen-bond donors (Lipinski definition) is 0. The summed E-state index contributed by atoms with van der Waals surface area (Å²) in [5.41, 5.74) is 1.66. The van der Waals surface area contributed by atoms with E-state index < -0.39 is 12.0 Å². The number of rotatable bonds is 7. The van der Waals surface area contributed by atoms with E-state index in [4.69, 9.17) is 37.4 Å². The monoisotopic (exact) mass is 560 g/mol. The van der Waals surface area contributed by atoms with Gasteiger partial charge in [0.2, 0.25) is 0 Å². The Balaban J connectivity index is 1.95. The number of allylic oxidation sites excluding steroid dienone is 1. The number of carbonyl (C=O) groups excluding carboxylic acids is 1. The van der Waals surface area contributed by atoms with Gasteiger partial charge in [-0.15, -0.1) is 0 Å². The van der Waals surface area contributed by atoms with Gasteiger partial charge in [-0.25, -0.2) is 9.79 Å². The van der Waals surface area contributed by atoms with Crippen LogP contribution in [0.15, 0.2) is 57.5 Å². The fourth-order valence-corrected chi connectivity index (χ4v) is 5.57. The minimum absolute atomic E-state index is 0.248. The van der Waals surface area contributed by atoms with Crippen LogP contribution in [0.3, 0.4) is 0 Å². The van der Waals surface area contributed by atoms with E-state index in [1.165, 1.54) is 23.0 Å². The third kappa shape index (κ3) is 5.46. The number of benzene rings is 2. The van der Waals surface area contributed by atoms with Crippen molar-refractivity contribution in [1.29, 1.82) is 0 Å². The Labute approximate surface area is 228 Å². The average Bonchev–Trinajstić information content (AvgIpc) is 3.13. The van der Waals surface area contributed by atoms with Crippen LogP contribution in [0.4, 0.5) is 0 Å².